The second kappa shape index (κ2) is 30.6. The second-order valence-corrected chi connectivity index (χ2v) is 8.67. The zero-order chi connectivity index (χ0) is 31.8. The normalized spacial score (nSPS) is 11.4. The molecule has 2 N–H and O–H groups in total. The highest BCUT2D eigenvalue weighted by Gasteiger charge is 2.02. The van der Waals surface area contributed by atoms with E-state index in [0.29, 0.717) is 124 Å². The molecule has 0 aromatic heterocycles. The molecule has 0 radical (unpaired) electrons. The summed E-state index contributed by atoms with van der Waals surface area (Å²) in [6, 6.07) is 4.75. The molecule has 0 aliphatic rings. The molecule has 0 saturated heterocycles. The minimum absolute atomic E-state index is 0.0176. The summed E-state index contributed by atoms with van der Waals surface area (Å²) < 4.78 is 58.4. The largest absolute Gasteiger partial charge is 0.504 e. The van der Waals surface area contributed by atoms with Gasteiger partial charge in [0.1, 0.15) is 6.61 Å². The number of phenols is 1. The van der Waals surface area contributed by atoms with E-state index >= 15 is 0 Å². The Hall–Kier alpha value is -2.37. The predicted octanol–water partition coefficient (Wildman–Crippen LogP) is 1.10. The van der Waals surface area contributed by atoms with E-state index in [-0.39, 0.29) is 25.6 Å². The number of hydrogen-bond acceptors (Lipinski definition) is 14. The van der Waals surface area contributed by atoms with E-state index in [9.17, 15) is 9.90 Å². The molecular formula is C30H50O14. The van der Waals surface area contributed by atoms with Crippen molar-refractivity contribution in [1.82, 2.24) is 0 Å². The molecule has 0 amide bonds. The fourth-order valence-corrected chi connectivity index (χ4v) is 3.14. The Morgan fingerprint density at radius 3 is 1.32 bits per heavy atom. The Morgan fingerprint density at radius 1 is 0.591 bits per heavy atom. The van der Waals surface area contributed by atoms with Crippen molar-refractivity contribution in [2.24, 2.45) is 0 Å². The number of ether oxygens (including phenoxy) is 11. The van der Waals surface area contributed by atoms with Crippen LogP contribution >= 0.6 is 0 Å². The molecule has 14 heteroatoms. The molecule has 44 heavy (non-hydrogen) atoms. The highest BCUT2D eigenvalue weighted by atomic mass is 16.6. The lowest BCUT2D eigenvalue weighted by atomic mass is 10.2. The van der Waals surface area contributed by atoms with Crippen molar-refractivity contribution in [3.8, 4) is 11.5 Å². The molecule has 0 aliphatic heterocycles. The molecule has 0 saturated carbocycles. The minimum Gasteiger partial charge on any atom is -0.504 e. The molecule has 1 rings (SSSR count). The van der Waals surface area contributed by atoms with Crippen LogP contribution < -0.4 is 4.74 Å². The van der Waals surface area contributed by atoms with Crippen LogP contribution in [0.15, 0.2) is 24.3 Å². The van der Waals surface area contributed by atoms with Gasteiger partial charge in [-0.1, -0.05) is 6.07 Å². The maximum atomic E-state index is 11.8. The fraction of sp³-hybridized carbons (Fsp3) is 0.700. The van der Waals surface area contributed by atoms with Gasteiger partial charge in [0.15, 0.2) is 11.5 Å². The third-order valence-electron chi connectivity index (χ3n) is 5.30. The van der Waals surface area contributed by atoms with Crippen molar-refractivity contribution >= 4 is 12.0 Å². The monoisotopic (exact) mass is 634 g/mol. The van der Waals surface area contributed by atoms with Gasteiger partial charge in [-0.15, -0.1) is 0 Å². The lowest BCUT2D eigenvalue weighted by Gasteiger charge is -2.09. The van der Waals surface area contributed by atoms with Crippen molar-refractivity contribution in [1.29, 1.82) is 0 Å². The van der Waals surface area contributed by atoms with E-state index in [0.717, 1.165) is 0 Å². The summed E-state index contributed by atoms with van der Waals surface area (Å²) in [5.74, 6) is -0.143. The van der Waals surface area contributed by atoms with Gasteiger partial charge in [-0.3, -0.25) is 0 Å². The third kappa shape index (κ3) is 25.0. The number of aliphatic hydroxyl groups is 1. The van der Waals surface area contributed by atoms with Crippen molar-refractivity contribution in [3.63, 3.8) is 0 Å². The average Bonchev–Trinajstić information content (AvgIpc) is 3.03. The van der Waals surface area contributed by atoms with Crippen LogP contribution in [-0.2, 0) is 52.2 Å². The Morgan fingerprint density at radius 2 is 0.955 bits per heavy atom. The molecule has 0 spiro atoms. The number of rotatable bonds is 32. The highest BCUT2D eigenvalue weighted by molar-refractivity contribution is 5.87. The van der Waals surface area contributed by atoms with E-state index in [1.54, 1.807) is 18.2 Å². The molecule has 14 nitrogen and oxygen atoms in total. The van der Waals surface area contributed by atoms with Gasteiger partial charge < -0.3 is 62.3 Å². The summed E-state index contributed by atoms with van der Waals surface area (Å²) in [6.45, 7) is 8.17. The zero-order valence-electron chi connectivity index (χ0n) is 25.8. The van der Waals surface area contributed by atoms with Gasteiger partial charge in [-0.2, -0.15) is 0 Å². The Balaban J connectivity index is 1.73. The summed E-state index contributed by atoms with van der Waals surface area (Å²) >= 11 is 0. The van der Waals surface area contributed by atoms with Crippen LogP contribution in [0.4, 0.5) is 0 Å². The van der Waals surface area contributed by atoms with Crippen LogP contribution in [0.3, 0.4) is 0 Å². The van der Waals surface area contributed by atoms with Crippen LogP contribution in [0.2, 0.25) is 0 Å². The first-order chi connectivity index (χ1) is 21.7. The Labute approximate surface area is 259 Å². The molecule has 0 unspecified atom stereocenters. The van der Waals surface area contributed by atoms with Crippen molar-refractivity contribution < 1.29 is 67.1 Å². The van der Waals surface area contributed by atoms with Gasteiger partial charge in [-0.05, 0) is 23.8 Å². The van der Waals surface area contributed by atoms with E-state index in [1.807, 2.05) is 0 Å². The molecular weight excluding hydrogens is 584 g/mol. The van der Waals surface area contributed by atoms with E-state index < -0.39 is 5.97 Å². The average molecular weight is 635 g/mol. The number of aromatic hydroxyl groups is 1. The number of methoxy groups -OCH3 is 1. The van der Waals surface area contributed by atoms with E-state index in [4.69, 9.17) is 57.2 Å². The fourth-order valence-electron chi connectivity index (χ4n) is 3.14. The number of aliphatic hydroxyl groups excluding tert-OH is 1. The van der Waals surface area contributed by atoms with Crippen LogP contribution in [-0.4, -0.2) is 155 Å². The van der Waals surface area contributed by atoms with Crippen LogP contribution in [0.5, 0.6) is 11.5 Å². The SMILES string of the molecule is COc1cc(/C=C/C(=O)OCCOCCOCCOCCOCCOCCOCCOCCOCCOCCO)ccc1O. The first-order valence-electron chi connectivity index (χ1n) is 14.7. The van der Waals surface area contributed by atoms with Crippen molar-refractivity contribution in [2.75, 3.05) is 139 Å². The maximum Gasteiger partial charge on any atom is 0.330 e. The number of carbonyl (C=O) groups excluding carboxylic acids is 1. The highest BCUT2D eigenvalue weighted by Crippen LogP contribution is 2.26. The molecule has 0 atom stereocenters. The van der Waals surface area contributed by atoms with Crippen LogP contribution in [0.25, 0.3) is 6.08 Å². The smallest absolute Gasteiger partial charge is 0.330 e. The number of carbonyl (C=O) groups is 1. The predicted molar refractivity (Wildman–Crippen MR) is 159 cm³/mol. The number of esters is 1. The van der Waals surface area contributed by atoms with Gasteiger partial charge >= 0.3 is 5.97 Å². The summed E-state index contributed by atoms with van der Waals surface area (Å²) in [5, 5.41) is 18.2. The Bertz CT molecular complexity index is 823. The number of benzene rings is 1. The first-order valence-corrected chi connectivity index (χ1v) is 14.7. The number of phenolic OH excluding ortho intramolecular Hbond substituents is 1. The Kier molecular flexibility index (Phi) is 27.6. The molecule has 0 bridgehead atoms. The summed E-state index contributed by atoms with van der Waals surface area (Å²) in [7, 11) is 1.45. The molecule has 0 fully saturated rings. The third-order valence-corrected chi connectivity index (χ3v) is 5.30. The van der Waals surface area contributed by atoms with Crippen molar-refractivity contribution in [3.05, 3.63) is 29.8 Å². The van der Waals surface area contributed by atoms with E-state index in [2.05, 4.69) is 0 Å². The van der Waals surface area contributed by atoms with Crippen LogP contribution in [0, 0.1) is 0 Å². The quantitative estimate of drug-likeness (QED) is 0.0659. The number of hydrogen-bond donors (Lipinski definition) is 2. The summed E-state index contributed by atoms with van der Waals surface area (Å²) in [6.07, 6.45) is 2.87. The molecule has 1 aromatic carbocycles. The van der Waals surface area contributed by atoms with Gasteiger partial charge in [0.05, 0.1) is 133 Å². The zero-order valence-corrected chi connectivity index (χ0v) is 25.8. The summed E-state index contributed by atoms with van der Waals surface area (Å²) in [4.78, 5) is 11.8. The maximum absolute atomic E-state index is 11.8. The summed E-state index contributed by atoms with van der Waals surface area (Å²) in [5.41, 5.74) is 0.696. The molecule has 0 heterocycles. The second-order valence-electron chi connectivity index (χ2n) is 8.67. The van der Waals surface area contributed by atoms with Gasteiger partial charge in [0, 0.05) is 6.08 Å². The van der Waals surface area contributed by atoms with E-state index in [1.165, 1.54) is 19.3 Å². The topological polar surface area (TPSA) is 159 Å². The van der Waals surface area contributed by atoms with Gasteiger partial charge in [-0.25, -0.2) is 4.79 Å². The molecule has 1 aromatic rings. The van der Waals surface area contributed by atoms with Gasteiger partial charge in [0.2, 0.25) is 0 Å². The lowest BCUT2D eigenvalue weighted by molar-refractivity contribution is -0.139. The van der Waals surface area contributed by atoms with Gasteiger partial charge in [0.25, 0.3) is 0 Å². The molecule has 0 aliphatic carbocycles. The standard InChI is InChI=1S/C30H50O14/c1-34-29-26-27(2-4-28(29)32)3-5-30(33)44-25-24-43-23-22-42-21-20-41-19-18-40-17-16-39-15-14-38-13-12-37-11-10-36-9-8-35-7-6-31/h2-5,26,31-32H,6-25H2,1H3/b5-3+. The lowest BCUT2D eigenvalue weighted by Crippen LogP contribution is -2.15. The minimum atomic E-state index is -0.494. The first kappa shape index (κ1) is 39.7. The van der Waals surface area contributed by atoms with Crippen molar-refractivity contribution in [2.45, 2.75) is 0 Å². The van der Waals surface area contributed by atoms with Crippen LogP contribution in [0.1, 0.15) is 5.56 Å². The molecule has 254 valence electrons.